The lowest BCUT2D eigenvalue weighted by atomic mass is 10.0. The van der Waals surface area contributed by atoms with Gasteiger partial charge >= 0.3 is 5.97 Å². The zero-order valence-electron chi connectivity index (χ0n) is 7.57. The highest BCUT2D eigenvalue weighted by atomic mass is 79.9. The second-order valence-corrected chi connectivity index (χ2v) is 4.87. The number of ether oxygens (including phenoxy) is 1. The van der Waals surface area contributed by atoms with Crippen molar-refractivity contribution in [2.24, 2.45) is 5.92 Å². The zero-order chi connectivity index (χ0) is 11.0. The molecule has 82 valence electrons. The largest absolute Gasteiger partial charge is 0.481 e. The Labute approximate surface area is 103 Å². The van der Waals surface area contributed by atoms with Crippen molar-refractivity contribution in [3.8, 4) is 0 Å². The van der Waals surface area contributed by atoms with Crippen LogP contribution in [0.4, 0.5) is 0 Å². The summed E-state index contributed by atoms with van der Waals surface area (Å²) in [5, 5.41) is 8.98. The summed E-state index contributed by atoms with van der Waals surface area (Å²) in [7, 11) is 0. The van der Waals surface area contributed by atoms with Gasteiger partial charge in [0.25, 0.3) is 0 Å². The van der Waals surface area contributed by atoms with Crippen molar-refractivity contribution in [3.05, 3.63) is 21.0 Å². The lowest BCUT2D eigenvalue weighted by Gasteiger charge is -2.11. The number of rotatable bonds is 2. The normalized spacial score (nSPS) is 25.7. The molecule has 0 aliphatic carbocycles. The minimum Gasteiger partial charge on any atom is -0.481 e. The molecular weight excluding hydrogens is 332 g/mol. The predicted octanol–water partition coefficient (Wildman–Crippen LogP) is 2.97. The molecule has 1 N–H and O–H groups in total. The Morgan fingerprint density at radius 3 is 2.80 bits per heavy atom. The van der Waals surface area contributed by atoms with E-state index in [0.717, 1.165) is 4.47 Å². The summed E-state index contributed by atoms with van der Waals surface area (Å²) in [5.74, 6) is -0.824. The van der Waals surface area contributed by atoms with E-state index in [1.165, 1.54) is 0 Å². The van der Waals surface area contributed by atoms with Gasteiger partial charge in [0.05, 0.1) is 10.4 Å². The minimum absolute atomic E-state index is 0.456. The first-order chi connectivity index (χ1) is 7.09. The minimum atomic E-state index is -0.846. The number of furan rings is 1. The number of aliphatic carboxylic acids is 1. The molecule has 2 heterocycles. The number of halogens is 2. The summed E-state index contributed by atoms with van der Waals surface area (Å²) in [6.07, 6.45) is 0.0424. The Balaban J connectivity index is 2.26. The first-order valence-corrected chi connectivity index (χ1v) is 5.97. The summed E-state index contributed by atoms with van der Waals surface area (Å²) in [6, 6.07) is 1.73. The Morgan fingerprint density at radius 1 is 1.53 bits per heavy atom. The molecule has 2 atom stereocenters. The monoisotopic (exact) mass is 338 g/mol. The Bertz CT molecular complexity index is 368. The van der Waals surface area contributed by atoms with Crippen molar-refractivity contribution in [1.82, 2.24) is 0 Å². The van der Waals surface area contributed by atoms with Crippen LogP contribution in [0, 0.1) is 5.92 Å². The lowest BCUT2D eigenvalue weighted by Crippen LogP contribution is -2.16. The maximum Gasteiger partial charge on any atom is 0.309 e. The molecule has 6 heteroatoms. The van der Waals surface area contributed by atoms with Crippen molar-refractivity contribution in [3.63, 3.8) is 0 Å². The fourth-order valence-electron chi connectivity index (χ4n) is 1.63. The number of hydrogen-bond acceptors (Lipinski definition) is 3. The third kappa shape index (κ3) is 2.11. The summed E-state index contributed by atoms with van der Waals surface area (Å²) in [6.45, 7) is 0.456. The molecule has 0 bridgehead atoms. The average Bonchev–Trinajstić information content (AvgIpc) is 2.73. The summed E-state index contributed by atoms with van der Waals surface area (Å²) in [5.41, 5.74) is 0. The second-order valence-electron chi connectivity index (χ2n) is 3.30. The van der Waals surface area contributed by atoms with E-state index in [0.29, 0.717) is 23.5 Å². The van der Waals surface area contributed by atoms with Crippen molar-refractivity contribution < 1.29 is 19.1 Å². The fraction of sp³-hybridized carbons (Fsp3) is 0.444. The molecule has 0 radical (unpaired) electrons. The van der Waals surface area contributed by atoms with Gasteiger partial charge in [0.2, 0.25) is 0 Å². The first-order valence-electron chi connectivity index (χ1n) is 4.38. The maximum atomic E-state index is 10.9. The van der Waals surface area contributed by atoms with Crippen LogP contribution in [0.15, 0.2) is 19.6 Å². The topological polar surface area (TPSA) is 59.7 Å². The molecule has 2 unspecified atom stereocenters. The van der Waals surface area contributed by atoms with Crippen molar-refractivity contribution in [2.75, 3.05) is 6.61 Å². The first kappa shape index (κ1) is 11.2. The molecule has 1 saturated heterocycles. The highest BCUT2D eigenvalue weighted by Crippen LogP contribution is 2.39. The van der Waals surface area contributed by atoms with E-state index in [4.69, 9.17) is 14.3 Å². The van der Waals surface area contributed by atoms with E-state index in [1.807, 2.05) is 0 Å². The van der Waals surface area contributed by atoms with Crippen LogP contribution < -0.4 is 0 Å². The van der Waals surface area contributed by atoms with Gasteiger partial charge in [-0.2, -0.15) is 0 Å². The molecule has 0 spiro atoms. The molecule has 1 fully saturated rings. The van der Waals surface area contributed by atoms with Gasteiger partial charge in [0, 0.05) is 6.61 Å². The molecule has 0 aromatic carbocycles. The van der Waals surface area contributed by atoms with Crippen molar-refractivity contribution in [1.29, 1.82) is 0 Å². The van der Waals surface area contributed by atoms with Crippen LogP contribution in [0.25, 0.3) is 0 Å². The molecular formula is C9H8Br2O4. The van der Waals surface area contributed by atoms with Gasteiger partial charge in [0.1, 0.15) is 11.9 Å². The molecule has 1 aromatic heterocycles. The number of carbonyl (C=O) groups is 1. The quantitative estimate of drug-likeness (QED) is 0.899. The Kier molecular flexibility index (Phi) is 3.18. The van der Waals surface area contributed by atoms with Crippen LogP contribution in [-0.2, 0) is 9.53 Å². The number of carboxylic acids is 1. The van der Waals surface area contributed by atoms with Crippen LogP contribution >= 0.6 is 31.9 Å². The summed E-state index contributed by atoms with van der Waals surface area (Å²) in [4.78, 5) is 10.9. The van der Waals surface area contributed by atoms with Crippen molar-refractivity contribution in [2.45, 2.75) is 12.5 Å². The Morgan fingerprint density at radius 2 is 2.27 bits per heavy atom. The highest BCUT2D eigenvalue weighted by molar-refractivity contribution is 9.13. The van der Waals surface area contributed by atoms with Gasteiger partial charge in [0.15, 0.2) is 4.67 Å². The molecule has 4 nitrogen and oxygen atoms in total. The standard InChI is InChI=1S/C9H8Br2O4/c10-5-3-6(15-8(5)11)7-4(9(12)13)1-2-14-7/h3-4,7H,1-2H2,(H,12,13). The van der Waals surface area contributed by atoms with Gasteiger partial charge in [-0.05, 0) is 44.3 Å². The van der Waals surface area contributed by atoms with Crippen LogP contribution in [0.3, 0.4) is 0 Å². The summed E-state index contributed by atoms with van der Waals surface area (Å²) < 4.78 is 12.0. The molecule has 2 rings (SSSR count). The molecule has 1 aromatic rings. The van der Waals surface area contributed by atoms with Crippen LogP contribution in [-0.4, -0.2) is 17.7 Å². The third-order valence-electron chi connectivity index (χ3n) is 2.35. The third-order valence-corrected chi connectivity index (χ3v) is 4.06. The van der Waals surface area contributed by atoms with Crippen LogP contribution in [0.5, 0.6) is 0 Å². The number of hydrogen-bond donors (Lipinski definition) is 1. The maximum absolute atomic E-state index is 10.9. The van der Waals surface area contributed by atoms with E-state index in [1.54, 1.807) is 6.07 Å². The van der Waals surface area contributed by atoms with Crippen molar-refractivity contribution >= 4 is 37.8 Å². The Hall–Kier alpha value is -0.330. The average molecular weight is 340 g/mol. The van der Waals surface area contributed by atoms with Gasteiger partial charge in [-0.25, -0.2) is 0 Å². The van der Waals surface area contributed by atoms with E-state index in [2.05, 4.69) is 31.9 Å². The molecule has 0 amide bonds. The SMILES string of the molecule is O=C(O)C1CCOC1c1cc(Br)c(Br)o1. The van der Waals surface area contributed by atoms with Crippen LogP contribution in [0.2, 0.25) is 0 Å². The molecule has 0 saturated carbocycles. The lowest BCUT2D eigenvalue weighted by molar-refractivity contribution is -0.144. The van der Waals surface area contributed by atoms with E-state index >= 15 is 0 Å². The number of carboxylic acid groups (broad SMARTS) is 1. The molecule has 1 aliphatic rings. The predicted molar refractivity (Wildman–Crippen MR) is 58.5 cm³/mol. The van der Waals surface area contributed by atoms with E-state index in [-0.39, 0.29) is 0 Å². The molecule has 1 aliphatic heterocycles. The zero-order valence-corrected chi connectivity index (χ0v) is 10.7. The van der Waals surface area contributed by atoms with E-state index < -0.39 is 18.0 Å². The highest BCUT2D eigenvalue weighted by Gasteiger charge is 2.37. The van der Waals surface area contributed by atoms with Gasteiger partial charge in [-0.1, -0.05) is 0 Å². The smallest absolute Gasteiger partial charge is 0.309 e. The van der Waals surface area contributed by atoms with E-state index in [9.17, 15) is 4.79 Å². The molecule has 15 heavy (non-hydrogen) atoms. The van der Waals surface area contributed by atoms with Crippen LogP contribution in [0.1, 0.15) is 18.3 Å². The van der Waals surface area contributed by atoms with Gasteiger partial charge in [-0.15, -0.1) is 0 Å². The fourth-order valence-corrected chi connectivity index (χ4v) is 2.23. The summed E-state index contributed by atoms with van der Waals surface area (Å²) >= 11 is 6.48. The van der Waals surface area contributed by atoms with Gasteiger partial charge in [-0.3, -0.25) is 4.79 Å². The second kappa shape index (κ2) is 4.27. The van der Waals surface area contributed by atoms with Gasteiger partial charge < -0.3 is 14.3 Å².